The minimum atomic E-state index is -4.89. The molecule has 0 aliphatic heterocycles. The smallest absolute Gasteiger partial charge is 0.409 e. The second-order valence-corrected chi connectivity index (χ2v) is 10.5. The number of imidazole rings is 1. The number of benzene rings is 1. The Labute approximate surface area is 218 Å². The molecule has 1 aromatic carbocycles. The molecule has 15 heteroatoms. The van der Waals surface area contributed by atoms with Gasteiger partial charge in [0.05, 0.1) is 18.8 Å². The number of methoxy groups -OCH3 is 1. The van der Waals surface area contributed by atoms with Gasteiger partial charge in [0.25, 0.3) is 16.1 Å². The van der Waals surface area contributed by atoms with Crippen molar-refractivity contribution in [1.82, 2.24) is 33.6 Å². The Morgan fingerprint density at radius 2 is 1.97 bits per heavy atom. The van der Waals surface area contributed by atoms with E-state index in [-0.39, 0.29) is 6.54 Å². The number of carbonyl (C=O) groups is 1. The minimum Gasteiger partial charge on any atom is -0.478 e. The number of fused-ring (bicyclic) bond motifs is 1. The first kappa shape index (κ1) is 29.1. The van der Waals surface area contributed by atoms with Gasteiger partial charge in [0.15, 0.2) is 5.65 Å². The first-order chi connectivity index (χ1) is 17.8. The summed E-state index contributed by atoms with van der Waals surface area (Å²) in [5.41, 5.74) is 2.47. The summed E-state index contributed by atoms with van der Waals surface area (Å²) in [7, 11) is -0.284. The van der Waals surface area contributed by atoms with E-state index in [2.05, 4.69) is 9.97 Å². The SMILES string of the molecule is CCN(C(=O)NC(CNS(=O)(=O)N(C)C)C(F)(F)F)[C@H](C)c1cccc(-c2cn3ccnc3c(OC)n2)c1. The van der Waals surface area contributed by atoms with E-state index < -0.39 is 41.0 Å². The summed E-state index contributed by atoms with van der Waals surface area (Å²) in [6.07, 6.45) is 0.235. The molecule has 2 amide bonds. The van der Waals surface area contributed by atoms with Crippen LogP contribution in [0, 0.1) is 0 Å². The molecular weight excluding hydrogens is 527 g/mol. The number of aromatic nitrogens is 3. The van der Waals surface area contributed by atoms with Crippen LogP contribution >= 0.6 is 0 Å². The summed E-state index contributed by atoms with van der Waals surface area (Å²) in [4.78, 5) is 22.9. The van der Waals surface area contributed by atoms with Crippen LogP contribution in [0.4, 0.5) is 18.0 Å². The van der Waals surface area contributed by atoms with E-state index in [1.54, 1.807) is 55.0 Å². The van der Waals surface area contributed by atoms with Crippen molar-refractivity contribution in [2.45, 2.75) is 32.1 Å². The molecule has 3 rings (SSSR count). The molecule has 2 aromatic heterocycles. The molecule has 2 heterocycles. The number of nitrogens with zero attached hydrogens (tertiary/aromatic N) is 5. The molecule has 0 saturated carbocycles. The Hall–Kier alpha value is -3.43. The highest BCUT2D eigenvalue weighted by Crippen LogP contribution is 2.28. The van der Waals surface area contributed by atoms with Crippen LogP contribution in [0.5, 0.6) is 5.88 Å². The van der Waals surface area contributed by atoms with Gasteiger partial charge in [-0.2, -0.15) is 30.6 Å². The van der Waals surface area contributed by atoms with Crippen LogP contribution in [0.15, 0.2) is 42.9 Å². The molecule has 2 N–H and O–H groups in total. The van der Waals surface area contributed by atoms with Gasteiger partial charge in [-0.05, 0) is 25.5 Å². The third-order valence-electron chi connectivity index (χ3n) is 5.91. The summed E-state index contributed by atoms with van der Waals surface area (Å²) in [6.45, 7) is 2.36. The molecule has 0 saturated heterocycles. The topological polar surface area (TPSA) is 121 Å². The van der Waals surface area contributed by atoms with Crippen LogP contribution < -0.4 is 14.8 Å². The molecule has 38 heavy (non-hydrogen) atoms. The first-order valence-electron chi connectivity index (χ1n) is 11.6. The summed E-state index contributed by atoms with van der Waals surface area (Å²) in [6, 6.07) is 3.07. The van der Waals surface area contributed by atoms with E-state index in [4.69, 9.17) is 4.74 Å². The van der Waals surface area contributed by atoms with Crippen LogP contribution in [0.2, 0.25) is 0 Å². The molecule has 0 aliphatic rings. The van der Waals surface area contributed by atoms with E-state index in [1.165, 1.54) is 26.1 Å². The van der Waals surface area contributed by atoms with Crippen molar-refractivity contribution in [2.75, 3.05) is 34.3 Å². The van der Waals surface area contributed by atoms with E-state index in [0.717, 1.165) is 4.31 Å². The highest BCUT2D eigenvalue weighted by molar-refractivity contribution is 7.87. The molecule has 11 nitrogen and oxygen atoms in total. The predicted molar refractivity (Wildman–Crippen MR) is 135 cm³/mol. The maximum absolute atomic E-state index is 13.6. The van der Waals surface area contributed by atoms with Gasteiger partial charge in [-0.15, -0.1) is 0 Å². The van der Waals surface area contributed by atoms with Crippen LogP contribution in [0.3, 0.4) is 0 Å². The first-order valence-corrected chi connectivity index (χ1v) is 13.0. The van der Waals surface area contributed by atoms with Crippen LogP contribution in [-0.2, 0) is 10.2 Å². The third kappa shape index (κ3) is 6.52. The van der Waals surface area contributed by atoms with Crippen molar-refractivity contribution in [3.05, 3.63) is 48.4 Å². The fourth-order valence-corrected chi connectivity index (χ4v) is 4.34. The van der Waals surface area contributed by atoms with Crippen molar-refractivity contribution in [2.24, 2.45) is 0 Å². The Bertz CT molecular complexity index is 1380. The molecule has 208 valence electrons. The number of nitrogens with one attached hydrogen (secondary N) is 2. The molecule has 1 unspecified atom stereocenters. The monoisotopic (exact) mass is 557 g/mol. The van der Waals surface area contributed by atoms with Crippen molar-refractivity contribution in [3.8, 4) is 17.1 Å². The average molecular weight is 558 g/mol. The normalized spacial score (nSPS) is 13.9. The van der Waals surface area contributed by atoms with E-state index in [1.807, 2.05) is 16.1 Å². The van der Waals surface area contributed by atoms with Gasteiger partial charge in [0.2, 0.25) is 0 Å². The number of halogens is 3. The second-order valence-electron chi connectivity index (χ2n) is 8.56. The third-order valence-corrected chi connectivity index (χ3v) is 7.41. The molecule has 2 atom stereocenters. The molecule has 3 aromatic rings. The lowest BCUT2D eigenvalue weighted by Gasteiger charge is -2.31. The highest BCUT2D eigenvalue weighted by atomic mass is 32.2. The molecule has 0 bridgehead atoms. The van der Waals surface area contributed by atoms with Crippen LogP contribution in [-0.4, -0.2) is 84.5 Å². The molecular formula is C23H30F3N7O4S. The van der Waals surface area contributed by atoms with Gasteiger partial charge >= 0.3 is 12.2 Å². The van der Waals surface area contributed by atoms with Crippen molar-refractivity contribution in [1.29, 1.82) is 0 Å². The lowest BCUT2D eigenvalue weighted by molar-refractivity contribution is -0.151. The Balaban J connectivity index is 1.83. The standard InChI is InChI=1S/C23H30F3N7O4S/c1-6-33(22(34)30-19(23(24,25)26)13-28-38(35,36)31(3)4)15(2)16-8-7-9-17(12-16)18-14-32-11-10-27-20(32)21(29-18)37-5/h7-12,14-15,19,28H,6,13H2,1-5H3,(H,30,34)/t15-,19?/m1/s1. The number of carbonyl (C=O) groups excluding carboxylic acids is 1. The molecule has 0 spiro atoms. The Morgan fingerprint density at radius 3 is 2.58 bits per heavy atom. The number of alkyl halides is 3. The lowest BCUT2D eigenvalue weighted by atomic mass is 10.0. The maximum atomic E-state index is 13.6. The van der Waals surface area contributed by atoms with E-state index in [0.29, 0.717) is 28.3 Å². The van der Waals surface area contributed by atoms with Gasteiger partial charge in [-0.3, -0.25) is 0 Å². The molecule has 0 fully saturated rings. The van der Waals surface area contributed by atoms with E-state index in [9.17, 15) is 26.4 Å². The van der Waals surface area contributed by atoms with Gasteiger partial charge < -0.3 is 19.4 Å². The van der Waals surface area contributed by atoms with Crippen molar-refractivity contribution >= 4 is 21.9 Å². The zero-order valence-corrected chi connectivity index (χ0v) is 22.3. The second kappa shape index (κ2) is 11.5. The zero-order chi connectivity index (χ0) is 28.3. The van der Waals surface area contributed by atoms with Gasteiger partial charge in [0, 0.05) is 51.3 Å². The Kier molecular flexibility index (Phi) is 8.84. The molecule has 0 radical (unpaired) electrons. The number of hydrogen-bond acceptors (Lipinski definition) is 6. The van der Waals surface area contributed by atoms with E-state index >= 15 is 0 Å². The average Bonchev–Trinajstić information content (AvgIpc) is 3.34. The summed E-state index contributed by atoms with van der Waals surface area (Å²) in [5.74, 6) is 0.323. The van der Waals surface area contributed by atoms with Crippen molar-refractivity contribution < 1.29 is 31.1 Å². The molecule has 0 aliphatic carbocycles. The fraction of sp³-hybridized carbons (Fsp3) is 0.435. The number of amides is 2. The van der Waals surface area contributed by atoms with Crippen LogP contribution in [0.25, 0.3) is 16.9 Å². The summed E-state index contributed by atoms with van der Waals surface area (Å²) >= 11 is 0. The maximum Gasteiger partial charge on any atom is 0.409 e. The Morgan fingerprint density at radius 1 is 1.26 bits per heavy atom. The number of rotatable bonds is 10. The predicted octanol–water partition coefficient (Wildman–Crippen LogP) is 2.82. The summed E-state index contributed by atoms with van der Waals surface area (Å²) < 4.78 is 74.4. The number of ether oxygens (including phenoxy) is 1. The van der Waals surface area contributed by atoms with Gasteiger partial charge in [0.1, 0.15) is 6.04 Å². The van der Waals surface area contributed by atoms with Crippen molar-refractivity contribution in [3.63, 3.8) is 0 Å². The quantitative estimate of drug-likeness (QED) is 0.396. The van der Waals surface area contributed by atoms with Crippen LogP contribution in [0.1, 0.15) is 25.5 Å². The number of urea groups is 1. The zero-order valence-electron chi connectivity index (χ0n) is 21.5. The van der Waals surface area contributed by atoms with Gasteiger partial charge in [-0.25, -0.2) is 14.8 Å². The summed E-state index contributed by atoms with van der Waals surface area (Å²) in [5, 5.41) is 1.93. The largest absolute Gasteiger partial charge is 0.478 e. The minimum absolute atomic E-state index is 0.0955. The van der Waals surface area contributed by atoms with Gasteiger partial charge in [-0.1, -0.05) is 18.2 Å². The lowest BCUT2D eigenvalue weighted by Crippen LogP contribution is -2.56. The fourth-order valence-electron chi connectivity index (χ4n) is 3.71. The number of hydrogen-bond donors (Lipinski definition) is 2. The highest BCUT2D eigenvalue weighted by Gasteiger charge is 2.42.